The van der Waals surface area contributed by atoms with Crippen molar-refractivity contribution in [2.24, 2.45) is 11.8 Å². The second-order valence-corrected chi connectivity index (χ2v) is 5.87. The summed E-state index contributed by atoms with van der Waals surface area (Å²) in [6.45, 7) is -4.65. The summed E-state index contributed by atoms with van der Waals surface area (Å²) in [5, 5.41) is 12.4. The highest BCUT2D eigenvalue weighted by atomic mass is 16.3. The first-order valence-corrected chi connectivity index (χ1v) is 7.72. The average Bonchev–Trinajstić information content (AvgIpc) is 2.84. The van der Waals surface area contributed by atoms with E-state index in [1.807, 2.05) is 0 Å². The Morgan fingerprint density at radius 2 is 2.19 bits per heavy atom. The summed E-state index contributed by atoms with van der Waals surface area (Å²) in [6, 6.07) is -5.70. The van der Waals surface area contributed by atoms with Gasteiger partial charge in [0.1, 0.15) is 12.1 Å². The molecule has 1 unspecified atom stereocenters. The van der Waals surface area contributed by atoms with Crippen molar-refractivity contribution in [2.75, 3.05) is 13.5 Å². The SMILES string of the molecule is [2H]c1c([2H])c([2H])c2c(c1[2H])[C@H](NC(=O)[C@H](C)CC(=O)[C@@]([2H])(O)C([2H])(C)C([2H])([2H])[2H])C(=O)N(C)C([2H])([2H])C2([2H])[2H]. The van der Waals surface area contributed by atoms with Crippen LogP contribution in [0.3, 0.4) is 0 Å². The van der Waals surface area contributed by atoms with Gasteiger partial charge in [0, 0.05) is 36.8 Å². The second kappa shape index (κ2) is 8.45. The highest BCUT2D eigenvalue weighted by Gasteiger charge is 2.32. The standard InChI is InChI=1S/C20H28N2O4/c1-12(2)18(24)16(23)11-13(3)19(25)21-17-15-8-6-5-7-14(15)9-10-22(4)20(17)26/h5-8,12-13,17-18,24H,9-11H2,1-4H3,(H,21,25)/t13-,17+,18+/m1/s1/i1D3,5D,6D,7D,8D,9D2,10D2,12D,18D/t12?,13-,17+,18+. The van der Waals surface area contributed by atoms with E-state index in [4.69, 9.17) is 17.8 Å². The molecule has 0 radical (unpaired) electrons. The van der Waals surface area contributed by atoms with Crippen LogP contribution in [0.1, 0.15) is 62.1 Å². The van der Waals surface area contributed by atoms with E-state index >= 15 is 0 Å². The van der Waals surface area contributed by atoms with Crippen molar-refractivity contribution in [3.63, 3.8) is 0 Å². The Hall–Kier alpha value is -2.21. The van der Waals surface area contributed by atoms with Gasteiger partial charge >= 0.3 is 0 Å². The number of benzene rings is 1. The maximum absolute atomic E-state index is 13.3. The summed E-state index contributed by atoms with van der Waals surface area (Å²) in [5.41, 5.74) is -1.62. The number of Topliss-reactive ketones (excluding diaryl/α,β-unsaturated/α-hetero) is 1. The van der Waals surface area contributed by atoms with Crippen LogP contribution in [-0.4, -0.2) is 47.2 Å². The van der Waals surface area contributed by atoms with E-state index in [0.717, 1.165) is 14.0 Å². The minimum absolute atomic E-state index is 0.310. The third kappa shape index (κ3) is 4.49. The number of likely N-dealkylation sites (N-methyl/N-ethyl adjacent to an activating group) is 1. The van der Waals surface area contributed by atoms with Crippen LogP contribution in [0.5, 0.6) is 0 Å². The number of ketones is 1. The molecule has 1 aromatic carbocycles. The summed E-state index contributed by atoms with van der Waals surface area (Å²) in [5.74, 6) is -8.41. The molecule has 2 amide bonds. The summed E-state index contributed by atoms with van der Waals surface area (Å²) in [4.78, 5) is 39.3. The first-order chi connectivity index (χ1) is 17.3. The van der Waals surface area contributed by atoms with E-state index in [1.165, 1.54) is 0 Å². The van der Waals surface area contributed by atoms with Gasteiger partial charge in [0.2, 0.25) is 11.8 Å². The molecule has 0 saturated heterocycles. The Balaban J connectivity index is 2.57. The van der Waals surface area contributed by atoms with Gasteiger partial charge in [-0.3, -0.25) is 14.4 Å². The van der Waals surface area contributed by atoms with Crippen molar-refractivity contribution in [3.05, 3.63) is 35.3 Å². The zero-order valence-corrected chi connectivity index (χ0v) is 14.5. The van der Waals surface area contributed by atoms with Gasteiger partial charge in [-0.2, -0.15) is 0 Å². The molecular weight excluding hydrogens is 332 g/mol. The first kappa shape index (κ1) is 8.65. The minimum Gasteiger partial charge on any atom is -0.385 e. The summed E-state index contributed by atoms with van der Waals surface area (Å²) in [6.07, 6.45) is -7.63. The summed E-state index contributed by atoms with van der Waals surface area (Å²) < 4.78 is 103. The molecule has 1 aliphatic rings. The molecule has 4 atom stereocenters. The van der Waals surface area contributed by atoms with Gasteiger partial charge < -0.3 is 15.3 Å². The van der Waals surface area contributed by atoms with E-state index in [1.54, 1.807) is 0 Å². The van der Waals surface area contributed by atoms with Crippen LogP contribution >= 0.6 is 0 Å². The third-order valence-corrected chi connectivity index (χ3v) is 3.78. The first-order valence-electron chi connectivity index (χ1n) is 14.2. The average molecular weight is 374 g/mol. The van der Waals surface area contributed by atoms with Gasteiger partial charge in [0.05, 0.1) is 6.85 Å². The predicted molar refractivity (Wildman–Crippen MR) is 98.3 cm³/mol. The van der Waals surface area contributed by atoms with E-state index in [9.17, 15) is 19.5 Å². The number of amides is 2. The molecular formula is C20H28N2O4. The fraction of sp³-hybridized carbons (Fsp3) is 0.550. The van der Waals surface area contributed by atoms with Crippen molar-refractivity contribution in [3.8, 4) is 0 Å². The largest absolute Gasteiger partial charge is 0.385 e. The molecule has 142 valence electrons. The summed E-state index contributed by atoms with van der Waals surface area (Å²) in [7, 11) is 0.874. The van der Waals surface area contributed by atoms with E-state index in [-0.39, 0.29) is 0 Å². The Kier molecular flexibility index (Phi) is 2.81. The summed E-state index contributed by atoms with van der Waals surface area (Å²) >= 11 is 0. The maximum Gasteiger partial charge on any atom is 0.249 e. The van der Waals surface area contributed by atoms with Gasteiger partial charge in [-0.05, 0) is 23.4 Å². The molecule has 26 heavy (non-hydrogen) atoms. The maximum atomic E-state index is 13.3. The van der Waals surface area contributed by atoms with Crippen LogP contribution in [0.2, 0.25) is 0 Å². The van der Waals surface area contributed by atoms with Crippen molar-refractivity contribution >= 4 is 17.6 Å². The van der Waals surface area contributed by atoms with Crippen LogP contribution < -0.4 is 5.32 Å². The van der Waals surface area contributed by atoms with E-state index in [0.29, 0.717) is 11.8 Å². The lowest BCUT2D eigenvalue weighted by molar-refractivity contribution is -0.137. The highest BCUT2D eigenvalue weighted by Crippen LogP contribution is 2.25. The number of carbonyl (C=O) groups excluding carboxylic acids is 3. The molecule has 1 heterocycles. The third-order valence-electron chi connectivity index (χ3n) is 3.78. The molecule has 0 bridgehead atoms. The van der Waals surface area contributed by atoms with Gasteiger partial charge in [-0.15, -0.1) is 0 Å². The highest BCUT2D eigenvalue weighted by molar-refractivity contribution is 5.92. The molecule has 2 rings (SSSR count). The van der Waals surface area contributed by atoms with Gasteiger partial charge in [0.15, 0.2) is 5.78 Å². The molecule has 1 aromatic rings. The predicted octanol–water partition coefficient (Wildman–Crippen LogP) is 1.47. The van der Waals surface area contributed by atoms with Crippen LogP contribution in [0.25, 0.3) is 0 Å². The van der Waals surface area contributed by atoms with Crippen molar-refractivity contribution in [2.45, 2.75) is 45.6 Å². The number of carbonyl (C=O) groups is 3. The fourth-order valence-corrected chi connectivity index (χ4v) is 2.24. The normalized spacial score (nSPS) is 34.6. The number of fused-ring (bicyclic) bond motifs is 1. The second-order valence-electron chi connectivity index (χ2n) is 5.87. The Bertz CT molecular complexity index is 1210. The molecule has 0 spiro atoms. The van der Waals surface area contributed by atoms with Gasteiger partial charge in [0.25, 0.3) is 0 Å². The number of hydrogen-bond donors (Lipinski definition) is 2. The number of nitrogens with zero attached hydrogens (tertiary/aromatic N) is 1. The van der Waals surface area contributed by atoms with Crippen LogP contribution in [-0.2, 0) is 20.8 Å². The lowest BCUT2D eigenvalue weighted by Gasteiger charge is -2.24. The van der Waals surface area contributed by atoms with E-state index in [2.05, 4.69) is 5.32 Å². The Morgan fingerprint density at radius 3 is 2.88 bits per heavy atom. The minimum atomic E-state index is -3.47. The number of hydrogen-bond acceptors (Lipinski definition) is 4. The smallest absolute Gasteiger partial charge is 0.249 e. The van der Waals surface area contributed by atoms with Gasteiger partial charge in [-0.1, -0.05) is 44.9 Å². The van der Waals surface area contributed by atoms with Gasteiger partial charge in [-0.25, -0.2) is 0 Å². The molecule has 0 aliphatic carbocycles. The molecule has 2 N–H and O–H groups in total. The van der Waals surface area contributed by atoms with Crippen molar-refractivity contribution in [1.82, 2.24) is 10.2 Å². The monoisotopic (exact) mass is 373 g/mol. The van der Waals surface area contributed by atoms with E-state index < -0.39 is 103 Å². The van der Waals surface area contributed by atoms with Crippen molar-refractivity contribution in [1.29, 1.82) is 0 Å². The Morgan fingerprint density at radius 1 is 1.50 bits per heavy atom. The molecule has 6 nitrogen and oxygen atoms in total. The van der Waals surface area contributed by atoms with Crippen molar-refractivity contribution < 1.29 is 37.3 Å². The zero-order chi connectivity index (χ0) is 30.8. The number of aliphatic hydroxyl groups is 1. The topological polar surface area (TPSA) is 86.7 Å². The Labute approximate surface area is 172 Å². The quantitative estimate of drug-likeness (QED) is 0.791. The molecule has 0 aromatic heterocycles. The molecule has 1 aliphatic heterocycles. The van der Waals surface area contributed by atoms with Crippen LogP contribution in [0.4, 0.5) is 0 Å². The molecule has 6 heteroatoms. The van der Waals surface area contributed by atoms with Crippen LogP contribution in [0.15, 0.2) is 24.2 Å². The lowest BCUT2D eigenvalue weighted by Crippen LogP contribution is -2.43. The van der Waals surface area contributed by atoms with Crippen LogP contribution in [0, 0.1) is 11.8 Å². The molecule has 0 saturated carbocycles. The number of nitrogens with one attached hydrogen (secondary N) is 1. The number of rotatable bonds is 6. The zero-order valence-electron chi connectivity index (χ0n) is 27.5. The lowest BCUT2D eigenvalue weighted by atomic mass is 9.94. The molecule has 0 fully saturated rings. The fourth-order valence-electron chi connectivity index (χ4n) is 2.24.